The van der Waals surface area contributed by atoms with Crippen LogP contribution >= 0.6 is 0 Å². The number of hydrogen-bond donors (Lipinski definition) is 1. The van der Waals surface area contributed by atoms with Crippen molar-refractivity contribution in [2.75, 3.05) is 6.54 Å². The maximum Gasteiger partial charge on any atom is 0.252 e. The van der Waals surface area contributed by atoms with E-state index in [0.29, 0.717) is 13.2 Å². The fourth-order valence-electron chi connectivity index (χ4n) is 3.71. The fraction of sp³-hybridized carbons (Fsp3) is 0.435. The molecule has 4 rings (SSSR count). The number of nitrogens with one attached hydrogen (secondary N) is 1. The van der Waals surface area contributed by atoms with Crippen molar-refractivity contribution in [2.24, 2.45) is 0 Å². The minimum absolute atomic E-state index is 0.210. The van der Waals surface area contributed by atoms with Gasteiger partial charge in [-0.3, -0.25) is 4.79 Å². The fourth-order valence-corrected chi connectivity index (χ4v) is 3.71. The van der Waals surface area contributed by atoms with Crippen LogP contribution in [-0.2, 0) is 36.8 Å². The average Bonchev–Trinajstić information content (AvgIpc) is 3.19. The maximum atomic E-state index is 12.8. The topological polar surface area (TPSA) is 66.0 Å². The molecule has 6 heteroatoms. The molecule has 2 aliphatic heterocycles. The predicted octanol–water partition coefficient (Wildman–Crippen LogP) is 2.81. The minimum atomic E-state index is -0.777. The Bertz CT molecular complexity index is 811. The predicted molar refractivity (Wildman–Crippen MR) is 107 cm³/mol. The summed E-state index contributed by atoms with van der Waals surface area (Å²) in [6.45, 7) is 4.56. The third-order valence-electron chi connectivity index (χ3n) is 5.09. The summed E-state index contributed by atoms with van der Waals surface area (Å²) in [7, 11) is 0. The molecular formula is C23H27NO5. The summed E-state index contributed by atoms with van der Waals surface area (Å²) in [4.78, 5) is 12.8. The molecule has 4 atom stereocenters. The van der Waals surface area contributed by atoms with E-state index < -0.39 is 30.4 Å². The summed E-state index contributed by atoms with van der Waals surface area (Å²) in [5.41, 5.74) is 2.19. The van der Waals surface area contributed by atoms with Gasteiger partial charge in [-0.2, -0.15) is 0 Å². The number of rotatable bonds is 7. The van der Waals surface area contributed by atoms with Crippen molar-refractivity contribution < 1.29 is 23.7 Å². The molecule has 0 bridgehead atoms. The largest absolute Gasteiger partial charge is 0.367 e. The normalized spacial score (nSPS) is 27.5. The highest BCUT2D eigenvalue weighted by Crippen LogP contribution is 2.39. The van der Waals surface area contributed by atoms with E-state index in [4.69, 9.17) is 18.9 Å². The van der Waals surface area contributed by atoms with Gasteiger partial charge in [-0.15, -0.1) is 0 Å². The smallest absolute Gasteiger partial charge is 0.252 e. The van der Waals surface area contributed by atoms with Gasteiger partial charge in [0.2, 0.25) is 0 Å². The molecule has 6 nitrogen and oxygen atoms in total. The SMILES string of the molecule is CC1(C)O[C@H]2O[C@@H](C(=O)NCCc3ccccc3)[C@@H](OCc3ccccc3)[C@H]2O1. The Hall–Kier alpha value is -2.25. The van der Waals surface area contributed by atoms with Crippen molar-refractivity contribution in [3.8, 4) is 0 Å². The first-order valence-electron chi connectivity index (χ1n) is 10.0. The Labute approximate surface area is 171 Å². The zero-order valence-electron chi connectivity index (χ0n) is 16.7. The van der Waals surface area contributed by atoms with Gasteiger partial charge in [0.15, 0.2) is 18.2 Å². The first kappa shape index (κ1) is 20.0. The molecule has 154 valence electrons. The Kier molecular flexibility index (Phi) is 5.96. The highest BCUT2D eigenvalue weighted by atomic mass is 16.8. The van der Waals surface area contributed by atoms with Crippen LogP contribution in [0, 0.1) is 0 Å². The lowest BCUT2D eigenvalue weighted by atomic mass is 10.1. The second-order valence-corrected chi connectivity index (χ2v) is 7.81. The molecule has 2 fully saturated rings. The lowest BCUT2D eigenvalue weighted by Gasteiger charge is -2.25. The molecule has 0 radical (unpaired) electrons. The van der Waals surface area contributed by atoms with E-state index in [2.05, 4.69) is 5.32 Å². The number of carbonyl (C=O) groups excluding carboxylic acids is 1. The average molecular weight is 397 g/mol. The molecule has 2 saturated heterocycles. The first-order chi connectivity index (χ1) is 14.0. The van der Waals surface area contributed by atoms with Gasteiger partial charge >= 0.3 is 0 Å². The van der Waals surface area contributed by atoms with Gasteiger partial charge < -0.3 is 24.3 Å². The van der Waals surface area contributed by atoms with Gasteiger partial charge in [0.25, 0.3) is 5.91 Å². The minimum Gasteiger partial charge on any atom is -0.367 e. The Morgan fingerprint density at radius 3 is 2.34 bits per heavy atom. The lowest BCUT2D eigenvalue weighted by molar-refractivity contribution is -0.218. The molecule has 2 aromatic carbocycles. The molecule has 2 aromatic rings. The highest BCUT2D eigenvalue weighted by Gasteiger charge is 2.57. The van der Waals surface area contributed by atoms with Crippen LogP contribution in [-0.4, -0.2) is 42.8 Å². The van der Waals surface area contributed by atoms with Crippen LogP contribution in [0.15, 0.2) is 60.7 Å². The van der Waals surface area contributed by atoms with Crippen LogP contribution in [0.25, 0.3) is 0 Å². The number of ether oxygens (including phenoxy) is 4. The molecular weight excluding hydrogens is 370 g/mol. The van der Waals surface area contributed by atoms with Gasteiger partial charge in [-0.05, 0) is 31.4 Å². The van der Waals surface area contributed by atoms with Crippen LogP contribution in [0.2, 0.25) is 0 Å². The Morgan fingerprint density at radius 2 is 1.66 bits per heavy atom. The summed E-state index contributed by atoms with van der Waals surface area (Å²) in [6.07, 6.45) is -1.63. The lowest BCUT2D eigenvalue weighted by Crippen LogP contribution is -2.46. The van der Waals surface area contributed by atoms with E-state index in [-0.39, 0.29) is 5.91 Å². The second-order valence-electron chi connectivity index (χ2n) is 7.81. The van der Waals surface area contributed by atoms with Crippen LogP contribution in [0.3, 0.4) is 0 Å². The van der Waals surface area contributed by atoms with Crippen LogP contribution in [0.1, 0.15) is 25.0 Å². The summed E-state index contributed by atoms with van der Waals surface area (Å²) < 4.78 is 23.8. The standard InChI is InChI=1S/C23H27NO5/c1-23(2)28-20-18(26-15-17-11-7-4-8-12-17)19(27-22(20)29-23)21(25)24-14-13-16-9-5-3-6-10-16/h3-12,18-20,22H,13-15H2,1-2H3,(H,24,25)/t18-,19-,20-,22-/m1/s1. The van der Waals surface area contributed by atoms with Crippen molar-refractivity contribution in [1.82, 2.24) is 5.32 Å². The van der Waals surface area contributed by atoms with Gasteiger partial charge in [0, 0.05) is 6.54 Å². The molecule has 0 aliphatic carbocycles. The van der Waals surface area contributed by atoms with Crippen molar-refractivity contribution in [3.63, 3.8) is 0 Å². The third kappa shape index (κ3) is 4.85. The molecule has 0 spiro atoms. The van der Waals surface area contributed by atoms with E-state index in [1.54, 1.807) is 0 Å². The number of carbonyl (C=O) groups is 1. The van der Waals surface area contributed by atoms with E-state index >= 15 is 0 Å². The Balaban J connectivity index is 1.39. The second kappa shape index (κ2) is 8.63. The van der Waals surface area contributed by atoms with E-state index in [1.165, 1.54) is 5.56 Å². The highest BCUT2D eigenvalue weighted by molar-refractivity contribution is 5.82. The van der Waals surface area contributed by atoms with E-state index in [9.17, 15) is 4.79 Å². The van der Waals surface area contributed by atoms with Crippen molar-refractivity contribution in [2.45, 2.75) is 57.3 Å². The van der Waals surface area contributed by atoms with Crippen molar-refractivity contribution in [1.29, 1.82) is 0 Å². The zero-order valence-corrected chi connectivity index (χ0v) is 16.7. The number of fused-ring (bicyclic) bond motifs is 1. The quantitative estimate of drug-likeness (QED) is 0.778. The molecule has 1 N–H and O–H groups in total. The molecule has 2 heterocycles. The van der Waals surface area contributed by atoms with E-state index in [0.717, 1.165) is 12.0 Å². The summed E-state index contributed by atoms with van der Waals surface area (Å²) in [6, 6.07) is 19.9. The van der Waals surface area contributed by atoms with Crippen molar-refractivity contribution >= 4 is 5.91 Å². The number of benzene rings is 2. The van der Waals surface area contributed by atoms with Crippen LogP contribution in [0.5, 0.6) is 0 Å². The number of hydrogen-bond acceptors (Lipinski definition) is 5. The third-order valence-corrected chi connectivity index (χ3v) is 5.09. The van der Waals surface area contributed by atoms with Crippen LogP contribution < -0.4 is 5.32 Å². The number of amides is 1. The zero-order chi connectivity index (χ0) is 20.3. The molecule has 0 aromatic heterocycles. The summed E-state index contributed by atoms with van der Waals surface area (Å²) in [5, 5.41) is 2.96. The molecule has 0 saturated carbocycles. The summed E-state index contributed by atoms with van der Waals surface area (Å²) in [5.74, 6) is -0.975. The van der Waals surface area contributed by atoms with Crippen LogP contribution in [0.4, 0.5) is 0 Å². The molecule has 29 heavy (non-hydrogen) atoms. The van der Waals surface area contributed by atoms with E-state index in [1.807, 2.05) is 74.5 Å². The molecule has 1 amide bonds. The Morgan fingerprint density at radius 1 is 1.00 bits per heavy atom. The van der Waals surface area contributed by atoms with Gasteiger partial charge in [-0.1, -0.05) is 60.7 Å². The summed E-state index contributed by atoms with van der Waals surface area (Å²) >= 11 is 0. The monoisotopic (exact) mass is 397 g/mol. The first-order valence-corrected chi connectivity index (χ1v) is 10.0. The van der Waals surface area contributed by atoms with Gasteiger partial charge in [0.05, 0.1) is 6.61 Å². The van der Waals surface area contributed by atoms with Crippen molar-refractivity contribution in [3.05, 3.63) is 71.8 Å². The van der Waals surface area contributed by atoms with Gasteiger partial charge in [0.1, 0.15) is 12.2 Å². The molecule has 0 unspecified atom stereocenters. The molecule has 2 aliphatic rings. The van der Waals surface area contributed by atoms with Gasteiger partial charge in [-0.25, -0.2) is 0 Å². The maximum absolute atomic E-state index is 12.8.